The van der Waals surface area contributed by atoms with E-state index >= 15 is 0 Å². The molecule has 4 nitrogen and oxygen atoms in total. The number of hydrogen-bond acceptors (Lipinski definition) is 3. The van der Waals surface area contributed by atoms with Crippen LogP contribution in [-0.2, 0) is 11.4 Å². The third-order valence-corrected chi connectivity index (χ3v) is 2.69. The molecule has 0 saturated heterocycles. The molecule has 0 atom stereocenters. The van der Waals surface area contributed by atoms with Gasteiger partial charge < -0.3 is 14.9 Å². The fourth-order valence-corrected chi connectivity index (χ4v) is 1.69. The van der Waals surface area contributed by atoms with E-state index in [0.717, 1.165) is 16.7 Å². The van der Waals surface area contributed by atoms with Gasteiger partial charge in [0.05, 0.1) is 6.61 Å². The lowest BCUT2D eigenvalue weighted by Crippen LogP contribution is -2.09. The van der Waals surface area contributed by atoms with Gasteiger partial charge in [0.25, 0.3) is 0 Å². The maximum atomic E-state index is 10.4. The molecule has 19 heavy (non-hydrogen) atoms. The number of aliphatic hydroxyl groups is 1. The molecule has 0 radical (unpaired) electrons. The molecule has 0 spiro atoms. The van der Waals surface area contributed by atoms with E-state index < -0.39 is 5.97 Å². The molecule has 2 rings (SSSR count). The van der Waals surface area contributed by atoms with Crippen LogP contribution < -0.4 is 4.74 Å². The van der Waals surface area contributed by atoms with Crippen LogP contribution in [0.25, 0.3) is 11.1 Å². The van der Waals surface area contributed by atoms with Gasteiger partial charge in [-0.15, -0.1) is 0 Å². The topological polar surface area (TPSA) is 66.8 Å². The number of aliphatic hydroxyl groups excluding tert-OH is 1. The van der Waals surface area contributed by atoms with Crippen LogP contribution in [-0.4, -0.2) is 22.8 Å². The van der Waals surface area contributed by atoms with E-state index in [2.05, 4.69) is 0 Å². The Balaban J connectivity index is 2.10. The molecular weight excluding hydrogens is 244 g/mol. The predicted molar refractivity (Wildman–Crippen MR) is 70.9 cm³/mol. The van der Waals surface area contributed by atoms with Gasteiger partial charge in [0.15, 0.2) is 6.61 Å². The number of carbonyl (C=O) groups is 1. The van der Waals surface area contributed by atoms with Gasteiger partial charge in [-0.3, -0.25) is 0 Å². The minimum absolute atomic E-state index is 0.0300. The molecule has 0 amide bonds. The van der Waals surface area contributed by atoms with Crippen molar-refractivity contribution in [2.75, 3.05) is 6.61 Å². The number of rotatable bonds is 5. The maximum absolute atomic E-state index is 10.4. The molecule has 2 aromatic carbocycles. The van der Waals surface area contributed by atoms with Crippen LogP contribution in [0.5, 0.6) is 5.75 Å². The van der Waals surface area contributed by atoms with Crippen molar-refractivity contribution >= 4 is 5.97 Å². The lowest BCUT2D eigenvalue weighted by atomic mass is 10.0. The van der Waals surface area contributed by atoms with Crippen LogP contribution in [0.15, 0.2) is 48.5 Å². The molecular formula is C15H14O4. The molecule has 0 aliphatic rings. The summed E-state index contributed by atoms with van der Waals surface area (Å²) < 4.78 is 5.06. The Labute approximate surface area is 110 Å². The standard InChI is InChI=1S/C15H14O4/c16-9-11-1-3-12(4-2-11)13-5-7-14(8-6-13)19-10-15(17)18/h1-8,16H,9-10H2,(H,17,18). The molecule has 0 aromatic heterocycles. The zero-order valence-corrected chi connectivity index (χ0v) is 10.2. The molecule has 0 heterocycles. The third-order valence-electron chi connectivity index (χ3n) is 2.69. The fraction of sp³-hybridized carbons (Fsp3) is 0.133. The number of aliphatic carboxylic acids is 1. The number of benzene rings is 2. The van der Waals surface area contributed by atoms with Crippen molar-refractivity contribution in [1.29, 1.82) is 0 Å². The van der Waals surface area contributed by atoms with Crippen molar-refractivity contribution in [3.63, 3.8) is 0 Å². The zero-order chi connectivity index (χ0) is 13.7. The van der Waals surface area contributed by atoms with E-state index in [0.29, 0.717) is 5.75 Å². The first-order chi connectivity index (χ1) is 9.19. The van der Waals surface area contributed by atoms with Crippen LogP contribution in [0.1, 0.15) is 5.56 Å². The minimum atomic E-state index is -0.997. The zero-order valence-electron chi connectivity index (χ0n) is 10.2. The van der Waals surface area contributed by atoms with E-state index in [1.54, 1.807) is 12.1 Å². The van der Waals surface area contributed by atoms with Crippen molar-refractivity contribution < 1.29 is 19.7 Å². The summed E-state index contributed by atoms with van der Waals surface area (Å²) in [4.78, 5) is 10.4. The number of ether oxygens (including phenoxy) is 1. The molecule has 0 fully saturated rings. The molecule has 2 aromatic rings. The van der Waals surface area contributed by atoms with Crippen LogP contribution in [0.4, 0.5) is 0 Å². The highest BCUT2D eigenvalue weighted by atomic mass is 16.5. The summed E-state index contributed by atoms with van der Waals surface area (Å²) in [5, 5.41) is 17.5. The van der Waals surface area contributed by atoms with Gasteiger partial charge in [0.2, 0.25) is 0 Å². The first-order valence-electron chi connectivity index (χ1n) is 5.84. The second-order valence-electron chi connectivity index (χ2n) is 4.06. The van der Waals surface area contributed by atoms with Gasteiger partial charge in [-0.1, -0.05) is 36.4 Å². The monoisotopic (exact) mass is 258 g/mol. The first-order valence-corrected chi connectivity index (χ1v) is 5.84. The molecule has 0 bridgehead atoms. The molecule has 4 heteroatoms. The van der Waals surface area contributed by atoms with Crippen molar-refractivity contribution in [1.82, 2.24) is 0 Å². The number of carboxylic acids is 1. The Bertz CT molecular complexity index is 543. The maximum Gasteiger partial charge on any atom is 0.341 e. The second-order valence-corrected chi connectivity index (χ2v) is 4.06. The van der Waals surface area contributed by atoms with Gasteiger partial charge in [-0.25, -0.2) is 4.79 Å². The average molecular weight is 258 g/mol. The van der Waals surface area contributed by atoms with E-state index in [1.165, 1.54) is 0 Å². The Hall–Kier alpha value is -2.33. The second kappa shape index (κ2) is 6.02. The van der Waals surface area contributed by atoms with Crippen molar-refractivity contribution in [3.8, 4) is 16.9 Å². The quantitative estimate of drug-likeness (QED) is 0.863. The van der Waals surface area contributed by atoms with E-state index in [1.807, 2.05) is 36.4 Å². The number of carboxylic acid groups (broad SMARTS) is 1. The van der Waals surface area contributed by atoms with Crippen LogP contribution in [0.2, 0.25) is 0 Å². The van der Waals surface area contributed by atoms with Gasteiger partial charge >= 0.3 is 5.97 Å². The van der Waals surface area contributed by atoms with Crippen LogP contribution >= 0.6 is 0 Å². The van der Waals surface area contributed by atoms with Crippen molar-refractivity contribution in [3.05, 3.63) is 54.1 Å². The Kier molecular flexibility index (Phi) is 4.15. The summed E-state index contributed by atoms with van der Waals surface area (Å²) in [5.41, 5.74) is 2.90. The molecule has 98 valence electrons. The summed E-state index contributed by atoms with van der Waals surface area (Å²) in [6.45, 7) is -0.313. The largest absolute Gasteiger partial charge is 0.482 e. The number of hydrogen-bond donors (Lipinski definition) is 2. The molecule has 0 unspecified atom stereocenters. The lowest BCUT2D eigenvalue weighted by molar-refractivity contribution is -0.139. The predicted octanol–water partition coefficient (Wildman–Crippen LogP) is 2.31. The third kappa shape index (κ3) is 3.56. The highest BCUT2D eigenvalue weighted by molar-refractivity contribution is 5.68. The van der Waals surface area contributed by atoms with Gasteiger partial charge in [0, 0.05) is 0 Å². The lowest BCUT2D eigenvalue weighted by Gasteiger charge is -2.06. The molecule has 0 aliphatic carbocycles. The van der Waals surface area contributed by atoms with Gasteiger partial charge in [0.1, 0.15) is 5.75 Å². The van der Waals surface area contributed by atoms with Gasteiger partial charge in [-0.2, -0.15) is 0 Å². The fourth-order valence-electron chi connectivity index (χ4n) is 1.69. The summed E-state index contributed by atoms with van der Waals surface area (Å²) in [7, 11) is 0. The van der Waals surface area contributed by atoms with E-state index in [9.17, 15) is 4.79 Å². The molecule has 2 N–H and O–H groups in total. The van der Waals surface area contributed by atoms with Crippen LogP contribution in [0, 0.1) is 0 Å². The van der Waals surface area contributed by atoms with Crippen LogP contribution in [0.3, 0.4) is 0 Å². The smallest absolute Gasteiger partial charge is 0.341 e. The Morgan fingerprint density at radius 1 is 0.947 bits per heavy atom. The minimum Gasteiger partial charge on any atom is -0.482 e. The molecule has 0 aliphatic heterocycles. The van der Waals surface area contributed by atoms with Gasteiger partial charge in [-0.05, 0) is 28.8 Å². The summed E-state index contributed by atoms with van der Waals surface area (Å²) in [5.74, 6) is -0.471. The van der Waals surface area contributed by atoms with E-state index in [4.69, 9.17) is 14.9 Å². The van der Waals surface area contributed by atoms with E-state index in [-0.39, 0.29) is 13.2 Å². The Morgan fingerprint density at radius 2 is 1.47 bits per heavy atom. The average Bonchev–Trinajstić information content (AvgIpc) is 2.46. The highest BCUT2D eigenvalue weighted by Crippen LogP contribution is 2.22. The van der Waals surface area contributed by atoms with Crippen molar-refractivity contribution in [2.24, 2.45) is 0 Å². The summed E-state index contributed by atoms with van der Waals surface area (Å²) in [6, 6.07) is 14.8. The first kappa shape index (κ1) is 13.1. The SMILES string of the molecule is O=C(O)COc1ccc(-c2ccc(CO)cc2)cc1. The van der Waals surface area contributed by atoms with Crippen molar-refractivity contribution in [2.45, 2.75) is 6.61 Å². The molecule has 0 saturated carbocycles. The Morgan fingerprint density at radius 3 is 1.95 bits per heavy atom. The highest BCUT2D eigenvalue weighted by Gasteiger charge is 2.01. The normalized spacial score (nSPS) is 10.2. The summed E-state index contributed by atoms with van der Waals surface area (Å²) >= 11 is 0. The summed E-state index contributed by atoms with van der Waals surface area (Å²) in [6.07, 6.45) is 0.